The van der Waals surface area contributed by atoms with Crippen molar-refractivity contribution in [1.29, 1.82) is 0 Å². The van der Waals surface area contributed by atoms with Crippen LogP contribution in [0.1, 0.15) is 44.4 Å². The molecule has 0 aromatic carbocycles. The molecule has 0 radical (unpaired) electrons. The van der Waals surface area contributed by atoms with E-state index in [-0.39, 0.29) is 12.1 Å². The molecule has 15 heavy (non-hydrogen) atoms. The molecule has 1 aromatic heterocycles. The molecular weight excluding hydrogens is 204 g/mol. The quantitative estimate of drug-likeness (QED) is 0.845. The Bertz CT molecular complexity index is 310. The molecule has 1 fully saturated rings. The summed E-state index contributed by atoms with van der Waals surface area (Å²) < 4.78 is 29.0. The second kappa shape index (κ2) is 4.55. The lowest BCUT2D eigenvalue weighted by atomic mass is 9.96. The minimum atomic E-state index is -2.69. The van der Waals surface area contributed by atoms with Gasteiger partial charge in [-0.15, -0.1) is 5.10 Å². The van der Waals surface area contributed by atoms with Gasteiger partial charge in [-0.2, -0.15) is 8.78 Å². The van der Waals surface area contributed by atoms with E-state index < -0.39 is 12.3 Å². The third-order valence-electron chi connectivity index (χ3n) is 2.56. The zero-order valence-electron chi connectivity index (χ0n) is 8.25. The molecule has 0 atom stereocenters. The Kier molecular flexibility index (Phi) is 3.13. The van der Waals surface area contributed by atoms with Gasteiger partial charge in [-0.05, 0) is 12.8 Å². The van der Waals surface area contributed by atoms with Crippen molar-refractivity contribution in [2.45, 2.75) is 44.6 Å². The number of nitrogens with zero attached hydrogens (tertiary/aromatic N) is 2. The lowest BCUT2D eigenvalue weighted by Gasteiger charge is -2.21. The van der Waals surface area contributed by atoms with Crippen molar-refractivity contribution >= 4 is 6.01 Å². The summed E-state index contributed by atoms with van der Waals surface area (Å²) in [6, 6.07) is 0.391. The third kappa shape index (κ3) is 2.64. The van der Waals surface area contributed by atoms with Crippen LogP contribution in [0.15, 0.2) is 4.42 Å². The van der Waals surface area contributed by atoms with Crippen molar-refractivity contribution < 1.29 is 13.2 Å². The molecule has 2 rings (SSSR count). The highest BCUT2D eigenvalue weighted by Gasteiger charge is 2.19. The Balaban J connectivity index is 1.91. The standard InChI is InChI=1S/C9H13F2N3O/c10-7(11)8-13-14-9(15-8)12-6-4-2-1-3-5-6/h6-7H,1-5H2,(H,12,14). The fraction of sp³-hybridized carbons (Fsp3) is 0.778. The average molecular weight is 217 g/mol. The van der Waals surface area contributed by atoms with E-state index in [1.54, 1.807) is 0 Å². The first-order valence-corrected chi connectivity index (χ1v) is 5.14. The minimum absolute atomic E-state index is 0.109. The van der Waals surface area contributed by atoms with Crippen molar-refractivity contribution in [1.82, 2.24) is 10.2 Å². The maximum absolute atomic E-state index is 12.1. The normalized spacial score (nSPS) is 18.3. The van der Waals surface area contributed by atoms with Gasteiger partial charge in [-0.1, -0.05) is 24.4 Å². The summed E-state index contributed by atoms with van der Waals surface area (Å²) in [4.78, 5) is 0. The summed E-state index contributed by atoms with van der Waals surface area (Å²) in [7, 11) is 0. The van der Waals surface area contributed by atoms with E-state index in [0.717, 1.165) is 25.7 Å². The van der Waals surface area contributed by atoms with E-state index in [1.807, 2.05) is 0 Å². The summed E-state index contributed by atoms with van der Waals surface area (Å²) >= 11 is 0. The molecule has 0 aliphatic heterocycles. The van der Waals surface area contributed by atoms with Gasteiger partial charge in [-0.25, -0.2) is 0 Å². The predicted octanol–water partition coefficient (Wildman–Crippen LogP) is 2.75. The highest BCUT2D eigenvalue weighted by Crippen LogP contribution is 2.23. The van der Waals surface area contributed by atoms with Gasteiger partial charge < -0.3 is 9.73 Å². The molecule has 0 spiro atoms. The number of nitrogens with one attached hydrogen (secondary N) is 1. The Morgan fingerprint density at radius 3 is 2.53 bits per heavy atom. The Morgan fingerprint density at radius 1 is 1.20 bits per heavy atom. The van der Waals surface area contributed by atoms with Crippen LogP contribution in [0.4, 0.5) is 14.8 Å². The van der Waals surface area contributed by atoms with Gasteiger partial charge in [0.2, 0.25) is 0 Å². The molecule has 4 nitrogen and oxygen atoms in total. The van der Waals surface area contributed by atoms with E-state index >= 15 is 0 Å². The number of rotatable bonds is 3. The molecular formula is C9H13F2N3O. The maximum Gasteiger partial charge on any atom is 0.315 e. The van der Waals surface area contributed by atoms with Crippen LogP contribution >= 0.6 is 0 Å². The molecule has 6 heteroatoms. The van der Waals surface area contributed by atoms with Crippen LogP contribution < -0.4 is 5.32 Å². The lowest BCUT2D eigenvalue weighted by Crippen LogP contribution is -2.22. The zero-order chi connectivity index (χ0) is 10.7. The first-order valence-electron chi connectivity index (χ1n) is 5.14. The predicted molar refractivity (Wildman–Crippen MR) is 49.8 cm³/mol. The highest BCUT2D eigenvalue weighted by atomic mass is 19.3. The van der Waals surface area contributed by atoms with Gasteiger partial charge in [0.1, 0.15) is 0 Å². The number of halogens is 2. The summed E-state index contributed by atoms with van der Waals surface area (Å²) in [5.74, 6) is -0.617. The van der Waals surface area contributed by atoms with E-state index in [9.17, 15) is 8.78 Å². The number of hydrogen-bond donors (Lipinski definition) is 1. The van der Waals surface area contributed by atoms with E-state index in [4.69, 9.17) is 4.42 Å². The van der Waals surface area contributed by atoms with E-state index in [0.29, 0.717) is 0 Å². The van der Waals surface area contributed by atoms with Crippen molar-refractivity contribution in [2.24, 2.45) is 0 Å². The van der Waals surface area contributed by atoms with Crippen molar-refractivity contribution in [3.8, 4) is 0 Å². The summed E-state index contributed by atoms with van der Waals surface area (Å²) in [6.45, 7) is 0. The summed E-state index contributed by atoms with van der Waals surface area (Å²) in [6.07, 6.45) is 2.93. The van der Waals surface area contributed by atoms with Gasteiger partial charge in [0, 0.05) is 6.04 Å². The van der Waals surface area contributed by atoms with Crippen LogP contribution in [0.3, 0.4) is 0 Å². The van der Waals surface area contributed by atoms with Crippen molar-refractivity contribution in [2.75, 3.05) is 5.32 Å². The molecule has 1 aromatic rings. The molecule has 0 amide bonds. The summed E-state index contributed by atoms with van der Waals surface area (Å²) in [5, 5.41) is 9.76. The molecule has 1 saturated carbocycles. The van der Waals surface area contributed by atoms with E-state index in [2.05, 4.69) is 15.5 Å². The lowest BCUT2D eigenvalue weighted by molar-refractivity contribution is 0.116. The largest absolute Gasteiger partial charge is 0.402 e. The molecule has 0 unspecified atom stereocenters. The highest BCUT2D eigenvalue weighted by molar-refractivity contribution is 5.19. The fourth-order valence-electron chi connectivity index (χ4n) is 1.80. The molecule has 1 aliphatic rings. The Labute approximate surface area is 86.1 Å². The van der Waals surface area contributed by atoms with Crippen LogP contribution in [0.5, 0.6) is 0 Å². The molecule has 1 aliphatic carbocycles. The van der Waals surface area contributed by atoms with Gasteiger partial charge in [0.15, 0.2) is 0 Å². The Morgan fingerprint density at radius 2 is 1.93 bits per heavy atom. The molecule has 0 bridgehead atoms. The number of hydrogen-bond acceptors (Lipinski definition) is 4. The second-order valence-electron chi connectivity index (χ2n) is 3.73. The first kappa shape index (κ1) is 10.3. The van der Waals surface area contributed by atoms with Crippen LogP contribution in [0, 0.1) is 0 Å². The molecule has 1 heterocycles. The van der Waals surface area contributed by atoms with Crippen LogP contribution in [-0.2, 0) is 0 Å². The minimum Gasteiger partial charge on any atom is -0.402 e. The third-order valence-corrected chi connectivity index (χ3v) is 2.56. The van der Waals surface area contributed by atoms with Crippen molar-refractivity contribution in [3.05, 3.63) is 5.89 Å². The zero-order valence-corrected chi connectivity index (χ0v) is 8.25. The smallest absolute Gasteiger partial charge is 0.315 e. The number of anilines is 1. The average Bonchev–Trinajstić information content (AvgIpc) is 2.68. The van der Waals surface area contributed by atoms with E-state index in [1.165, 1.54) is 6.42 Å². The first-order chi connectivity index (χ1) is 7.25. The summed E-state index contributed by atoms with van der Waals surface area (Å²) in [5.41, 5.74) is 0. The van der Waals surface area contributed by atoms with Gasteiger partial charge >= 0.3 is 12.4 Å². The van der Waals surface area contributed by atoms with Crippen LogP contribution in [-0.4, -0.2) is 16.2 Å². The van der Waals surface area contributed by atoms with Crippen molar-refractivity contribution in [3.63, 3.8) is 0 Å². The SMILES string of the molecule is FC(F)c1nnc(NC2CCCCC2)o1. The van der Waals surface area contributed by atoms with Gasteiger partial charge in [-0.3, -0.25) is 0 Å². The Hall–Kier alpha value is -1.20. The maximum atomic E-state index is 12.1. The topological polar surface area (TPSA) is 51.0 Å². The van der Waals surface area contributed by atoms with Crippen LogP contribution in [0.2, 0.25) is 0 Å². The van der Waals surface area contributed by atoms with Crippen LogP contribution in [0.25, 0.3) is 0 Å². The molecule has 1 N–H and O–H groups in total. The molecule has 0 saturated heterocycles. The number of aromatic nitrogens is 2. The fourth-order valence-corrected chi connectivity index (χ4v) is 1.80. The second-order valence-corrected chi connectivity index (χ2v) is 3.73. The molecule has 84 valence electrons. The number of alkyl halides is 2. The van der Waals surface area contributed by atoms with Gasteiger partial charge in [0.05, 0.1) is 0 Å². The monoisotopic (exact) mass is 217 g/mol. The van der Waals surface area contributed by atoms with Gasteiger partial charge in [0.25, 0.3) is 5.89 Å².